The van der Waals surface area contributed by atoms with Crippen molar-refractivity contribution in [3.8, 4) is 0 Å². The van der Waals surface area contributed by atoms with E-state index in [9.17, 15) is 4.79 Å². The molecule has 0 saturated heterocycles. The van der Waals surface area contributed by atoms with E-state index < -0.39 is 0 Å². The van der Waals surface area contributed by atoms with E-state index in [-0.39, 0.29) is 5.78 Å². The van der Waals surface area contributed by atoms with Crippen LogP contribution in [0.25, 0.3) is 0 Å². The van der Waals surface area contributed by atoms with Gasteiger partial charge in [-0.25, -0.2) is 0 Å². The fourth-order valence-corrected chi connectivity index (χ4v) is 3.05. The molecule has 0 aliphatic carbocycles. The normalized spacial score (nSPS) is 12.6. The van der Waals surface area contributed by atoms with Crippen LogP contribution in [0.2, 0.25) is 0 Å². The van der Waals surface area contributed by atoms with Gasteiger partial charge in [0.25, 0.3) is 0 Å². The van der Waals surface area contributed by atoms with Gasteiger partial charge in [-0.3, -0.25) is 9.69 Å². The smallest absolute Gasteiger partial charge is 0.162 e. The van der Waals surface area contributed by atoms with Crippen LogP contribution >= 0.6 is 11.3 Å². The molecule has 0 spiro atoms. The highest BCUT2D eigenvalue weighted by molar-refractivity contribution is 7.10. The summed E-state index contributed by atoms with van der Waals surface area (Å²) in [4.78, 5) is 15.7. The highest BCUT2D eigenvalue weighted by atomic mass is 32.1. The molecular formula is C17H21NOS. The average molecular weight is 287 g/mol. The van der Waals surface area contributed by atoms with Crippen LogP contribution < -0.4 is 0 Å². The Morgan fingerprint density at radius 3 is 2.60 bits per heavy atom. The third kappa shape index (κ3) is 4.02. The molecule has 0 N–H and O–H groups in total. The Morgan fingerprint density at radius 2 is 1.95 bits per heavy atom. The maximum atomic E-state index is 12.0. The molecule has 2 rings (SSSR count). The minimum Gasteiger partial charge on any atom is -0.299 e. The number of ketones is 1. The Bertz CT molecular complexity index is 521. The molecule has 1 aromatic carbocycles. The summed E-state index contributed by atoms with van der Waals surface area (Å²) in [6.07, 6.45) is 1.52. The molecule has 0 radical (unpaired) electrons. The van der Waals surface area contributed by atoms with Crippen LogP contribution in [0.3, 0.4) is 0 Å². The van der Waals surface area contributed by atoms with E-state index in [1.54, 1.807) is 11.3 Å². The van der Waals surface area contributed by atoms with Crippen LogP contribution in [0.4, 0.5) is 0 Å². The van der Waals surface area contributed by atoms with Crippen molar-refractivity contribution in [3.63, 3.8) is 0 Å². The summed E-state index contributed by atoms with van der Waals surface area (Å²) in [5.74, 6) is 0.239. The van der Waals surface area contributed by atoms with Gasteiger partial charge in [0.1, 0.15) is 0 Å². The number of carbonyl (C=O) groups is 1. The van der Waals surface area contributed by atoms with Gasteiger partial charge in [0, 0.05) is 22.9 Å². The van der Waals surface area contributed by atoms with Crippen molar-refractivity contribution in [2.24, 2.45) is 0 Å². The summed E-state index contributed by atoms with van der Waals surface area (Å²) < 4.78 is 0. The van der Waals surface area contributed by atoms with Gasteiger partial charge in [0.15, 0.2) is 5.78 Å². The summed E-state index contributed by atoms with van der Waals surface area (Å²) in [5.41, 5.74) is 0.821. The van der Waals surface area contributed by atoms with E-state index in [0.717, 1.165) is 18.5 Å². The first-order valence-corrected chi connectivity index (χ1v) is 7.88. The predicted molar refractivity (Wildman–Crippen MR) is 85.4 cm³/mol. The molecule has 0 fully saturated rings. The van der Waals surface area contributed by atoms with Crippen molar-refractivity contribution in [2.45, 2.75) is 25.8 Å². The molecule has 2 nitrogen and oxygen atoms in total. The molecule has 0 amide bonds. The fourth-order valence-electron chi connectivity index (χ4n) is 2.20. The molecule has 0 bridgehead atoms. The van der Waals surface area contributed by atoms with E-state index >= 15 is 0 Å². The highest BCUT2D eigenvalue weighted by Crippen LogP contribution is 2.23. The number of hydrogen-bond donors (Lipinski definition) is 0. The number of thiophene rings is 1. The second-order valence-electron chi connectivity index (χ2n) is 5.06. The van der Waals surface area contributed by atoms with Gasteiger partial charge >= 0.3 is 0 Å². The number of nitrogens with zero attached hydrogens (tertiary/aromatic N) is 1. The van der Waals surface area contributed by atoms with E-state index in [1.807, 2.05) is 30.3 Å². The summed E-state index contributed by atoms with van der Waals surface area (Å²) in [6, 6.07) is 14.2. The van der Waals surface area contributed by atoms with Crippen LogP contribution in [-0.2, 0) is 0 Å². The number of hydrogen-bond acceptors (Lipinski definition) is 3. The van der Waals surface area contributed by atoms with Crippen LogP contribution in [0.5, 0.6) is 0 Å². The van der Waals surface area contributed by atoms with E-state index in [1.165, 1.54) is 4.88 Å². The minimum atomic E-state index is 0.239. The van der Waals surface area contributed by atoms with Gasteiger partial charge in [0.05, 0.1) is 0 Å². The molecule has 1 heterocycles. The Balaban J connectivity index is 1.77. The largest absolute Gasteiger partial charge is 0.299 e. The number of rotatable bonds is 7. The SMILES string of the molecule is CC(c1cccs1)N(C)CCCC(=O)c1ccccc1. The zero-order chi connectivity index (χ0) is 14.4. The van der Waals surface area contributed by atoms with Crippen molar-refractivity contribution < 1.29 is 4.79 Å². The Morgan fingerprint density at radius 1 is 1.20 bits per heavy atom. The van der Waals surface area contributed by atoms with Gasteiger partial charge in [-0.2, -0.15) is 0 Å². The molecule has 3 heteroatoms. The summed E-state index contributed by atoms with van der Waals surface area (Å²) in [6.45, 7) is 3.16. The predicted octanol–water partition coefficient (Wildman–Crippen LogP) is 4.40. The maximum absolute atomic E-state index is 12.0. The van der Waals surface area contributed by atoms with Gasteiger partial charge in [0.2, 0.25) is 0 Å². The number of carbonyl (C=O) groups excluding carboxylic acids is 1. The third-order valence-electron chi connectivity index (χ3n) is 3.63. The first-order chi connectivity index (χ1) is 9.68. The van der Waals surface area contributed by atoms with Gasteiger partial charge in [-0.15, -0.1) is 11.3 Å². The lowest BCUT2D eigenvalue weighted by atomic mass is 10.1. The van der Waals surface area contributed by atoms with Crippen LogP contribution in [0.15, 0.2) is 47.8 Å². The number of benzene rings is 1. The topological polar surface area (TPSA) is 20.3 Å². The standard InChI is InChI=1S/C17H21NOS/c1-14(17-11-7-13-20-17)18(2)12-6-10-16(19)15-8-4-3-5-9-15/h3-5,7-9,11,13-14H,6,10,12H2,1-2H3. The van der Waals surface area contributed by atoms with E-state index in [4.69, 9.17) is 0 Å². The zero-order valence-corrected chi connectivity index (χ0v) is 12.9. The van der Waals surface area contributed by atoms with E-state index in [0.29, 0.717) is 12.5 Å². The van der Waals surface area contributed by atoms with Crippen molar-refractivity contribution in [2.75, 3.05) is 13.6 Å². The molecule has 2 aromatic rings. The monoisotopic (exact) mass is 287 g/mol. The van der Waals surface area contributed by atoms with Crippen LogP contribution in [0, 0.1) is 0 Å². The number of Topliss-reactive ketones (excluding diaryl/α,β-unsaturated/α-hetero) is 1. The highest BCUT2D eigenvalue weighted by Gasteiger charge is 2.13. The summed E-state index contributed by atoms with van der Waals surface area (Å²) >= 11 is 1.79. The second-order valence-corrected chi connectivity index (χ2v) is 6.04. The zero-order valence-electron chi connectivity index (χ0n) is 12.1. The quantitative estimate of drug-likeness (QED) is 0.703. The lowest BCUT2D eigenvalue weighted by Crippen LogP contribution is -2.23. The van der Waals surface area contributed by atoms with Crippen LogP contribution in [0.1, 0.15) is 41.0 Å². The van der Waals surface area contributed by atoms with Gasteiger partial charge in [-0.1, -0.05) is 36.4 Å². The Hall–Kier alpha value is -1.45. The lowest BCUT2D eigenvalue weighted by Gasteiger charge is -2.23. The van der Waals surface area contributed by atoms with Gasteiger partial charge < -0.3 is 0 Å². The Kier molecular flexibility index (Phi) is 5.50. The van der Waals surface area contributed by atoms with Crippen molar-refractivity contribution >= 4 is 17.1 Å². The van der Waals surface area contributed by atoms with Crippen molar-refractivity contribution in [1.82, 2.24) is 4.90 Å². The molecule has 106 valence electrons. The van der Waals surface area contributed by atoms with E-state index in [2.05, 4.69) is 36.4 Å². The molecule has 0 aliphatic heterocycles. The molecule has 0 saturated carbocycles. The average Bonchev–Trinajstić information content (AvgIpc) is 3.01. The first kappa shape index (κ1) is 14.9. The molecule has 1 unspecified atom stereocenters. The van der Waals surface area contributed by atoms with Crippen molar-refractivity contribution in [3.05, 3.63) is 58.3 Å². The molecule has 0 aliphatic rings. The van der Waals surface area contributed by atoms with Crippen LogP contribution in [-0.4, -0.2) is 24.3 Å². The summed E-state index contributed by atoms with van der Waals surface area (Å²) in [7, 11) is 2.12. The fraction of sp³-hybridized carbons (Fsp3) is 0.353. The first-order valence-electron chi connectivity index (χ1n) is 7.00. The molecule has 1 aromatic heterocycles. The Labute approximate surface area is 125 Å². The third-order valence-corrected chi connectivity index (χ3v) is 4.67. The molecule has 20 heavy (non-hydrogen) atoms. The lowest BCUT2D eigenvalue weighted by molar-refractivity contribution is 0.0974. The van der Waals surface area contributed by atoms with Crippen molar-refractivity contribution in [1.29, 1.82) is 0 Å². The maximum Gasteiger partial charge on any atom is 0.162 e. The minimum absolute atomic E-state index is 0.239. The molecule has 1 atom stereocenters. The second kappa shape index (κ2) is 7.36. The molecular weight excluding hydrogens is 266 g/mol. The summed E-state index contributed by atoms with van der Waals surface area (Å²) in [5, 5.41) is 2.11. The van der Waals surface area contributed by atoms with Gasteiger partial charge in [-0.05, 0) is 38.4 Å².